The monoisotopic (exact) mass is 554 g/mol. The largest absolute Gasteiger partial charge is 0.392 e. The van der Waals surface area contributed by atoms with E-state index in [4.69, 9.17) is 20.2 Å². The Balaban J connectivity index is 1.22. The summed E-state index contributed by atoms with van der Waals surface area (Å²) in [4.78, 5) is 4.78. The van der Waals surface area contributed by atoms with Gasteiger partial charge in [-0.15, -0.1) is 11.3 Å². The SMILES string of the molecule is NCc1cccc(-c2ccc([C@H]3O[C@@H](CSc4nc5ccccc5s4)C[C@@H](c4ccc(CO)cc4)O3)cc2)c1. The Bertz CT molecular complexity index is 1500. The molecule has 5 nitrogen and oxygen atoms in total. The van der Waals surface area contributed by atoms with Crippen molar-refractivity contribution in [1.29, 1.82) is 0 Å². The summed E-state index contributed by atoms with van der Waals surface area (Å²) >= 11 is 3.46. The maximum absolute atomic E-state index is 9.47. The molecule has 0 unspecified atom stereocenters. The van der Waals surface area contributed by atoms with Crippen molar-refractivity contribution < 1.29 is 14.6 Å². The maximum Gasteiger partial charge on any atom is 0.184 e. The summed E-state index contributed by atoms with van der Waals surface area (Å²) in [5.74, 6) is 0.787. The van der Waals surface area contributed by atoms with Crippen LogP contribution in [0.25, 0.3) is 21.3 Å². The summed E-state index contributed by atoms with van der Waals surface area (Å²) in [7, 11) is 0. The van der Waals surface area contributed by atoms with Gasteiger partial charge in [-0.05, 0) is 46.0 Å². The number of para-hydroxylation sites is 1. The standard InChI is InChI=1S/C32H30N2O3S2/c33-18-22-4-3-5-26(16-22)23-12-14-25(15-13-23)31-36-27(17-29(37-31)24-10-8-21(19-35)9-11-24)20-38-32-34-28-6-1-2-7-30(28)39-32/h1-16,27,29,31,35H,17-20,33H2/t27-,29+,31+/m1/s1. The highest BCUT2D eigenvalue weighted by atomic mass is 32.2. The van der Waals surface area contributed by atoms with Gasteiger partial charge in [0, 0.05) is 24.3 Å². The van der Waals surface area contributed by atoms with Crippen LogP contribution in [0, 0.1) is 0 Å². The lowest BCUT2D eigenvalue weighted by Gasteiger charge is -2.36. The van der Waals surface area contributed by atoms with Crippen LogP contribution in [-0.2, 0) is 22.6 Å². The van der Waals surface area contributed by atoms with Gasteiger partial charge in [-0.3, -0.25) is 0 Å². The molecule has 5 aromatic rings. The van der Waals surface area contributed by atoms with Gasteiger partial charge in [-0.2, -0.15) is 0 Å². The number of rotatable bonds is 8. The molecule has 1 fully saturated rings. The van der Waals surface area contributed by atoms with Gasteiger partial charge >= 0.3 is 0 Å². The Kier molecular flexibility index (Phi) is 8.06. The third kappa shape index (κ3) is 6.09. The molecule has 0 radical (unpaired) electrons. The zero-order valence-corrected chi connectivity index (χ0v) is 23.0. The lowest BCUT2D eigenvalue weighted by molar-refractivity contribution is -0.245. The summed E-state index contributed by atoms with van der Waals surface area (Å²) in [6.45, 7) is 0.548. The second-order valence-electron chi connectivity index (χ2n) is 9.64. The third-order valence-electron chi connectivity index (χ3n) is 6.96. The molecule has 4 aromatic carbocycles. The van der Waals surface area contributed by atoms with E-state index < -0.39 is 6.29 Å². The van der Waals surface area contributed by atoms with Gasteiger partial charge in [-0.1, -0.05) is 90.6 Å². The summed E-state index contributed by atoms with van der Waals surface area (Å²) in [5, 5.41) is 9.47. The molecule has 3 atom stereocenters. The number of aliphatic hydroxyl groups excluding tert-OH is 1. The van der Waals surface area contributed by atoms with Gasteiger partial charge < -0.3 is 20.3 Å². The van der Waals surface area contributed by atoms with Crippen molar-refractivity contribution in [3.05, 3.63) is 119 Å². The molecule has 3 N–H and O–H groups in total. The number of ether oxygens (including phenoxy) is 2. The fourth-order valence-electron chi connectivity index (χ4n) is 4.81. The smallest absolute Gasteiger partial charge is 0.184 e. The molecule has 0 spiro atoms. The van der Waals surface area contributed by atoms with Crippen LogP contribution < -0.4 is 5.73 Å². The molecule has 1 saturated heterocycles. The van der Waals surface area contributed by atoms with Crippen LogP contribution in [0.5, 0.6) is 0 Å². The van der Waals surface area contributed by atoms with Crippen molar-refractivity contribution in [1.82, 2.24) is 4.98 Å². The molecule has 2 heterocycles. The highest BCUT2D eigenvalue weighted by Crippen LogP contribution is 2.40. The van der Waals surface area contributed by atoms with Crippen molar-refractivity contribution >= 4 is 33.3 Å². The number of thiazole rings is 1. The molecule has 198 valence electrons. The number of nitrogens with zero attached hydrogens (tertiary/aromatic N) is 1. The number of fused-ring (bicyclic) bond motifs is 1. The first kappa shape index (κ1) is 26.2. The Morgan fingerprint density at radius 3 is 2.41 bits per heavy atom. The highest BCUT2D eigenvalue weighted by Gasteiger charge is 2.32. The second kappa shape index (κ2) is 12.0. The summed E-state index contributed by atoms with van der Waals surface area (Å²) in [5.41, 5.74) is 13.2. The number of thioether (sulfide) groups is 1. The summed E-state index contributed by atoms with van der Waals surface area (Å²) in [6, 6.07) is 33.0. The molecule has 0 saturated carbocycles. The zero-order chi connectivity index (χ0) is 26.6. The van der Waals surface area contributed by atoms with E-state index in [0.29, 0.717) is 6.54 Å². The fraction of sp³-hybridized carbons (Fsp3) is 0.219. The summed E-state index contributed by atoms with van der Waals surface area (Å²) in [6.07, 6.45) is 0.144. The van der Waals surface area contributed by atoms with Crippen LogP contribution in [0.15, 0.2) is 101 Å². The average Bonchev–Trinajstić information content (AvgIpc) is 3.43. The van der Waals surface area contributed by atoms with Gasteiger partial charge in [0.15, 0.2) is 10.6 Å². The molecular formula is C32H30N2O3S2. The number of aromatic nitrogens is 1. The van der Waals surface area contributed by atoms with Crippen molar-refractivity contribution in [2.24, 2.45) is 5.73 Å². The van der Waals surface area contributed by atoms with Gasteiger partial charge in [0.05, 0.1) is 29.0 Å². The van der Waals surface area contributed by atoms with Crippen LogP contribution >= 0.6 is 23.1 Å². The number of hydrogen-bond donors (Lipinski definition) is 2. The quantitative estimate of drug-likeness (QED) is 0.197. The van der Waals surface area contributed by atoms with E-state index in [2.05, 4.69) is 48.5 Å². The number of aliphatic hydroxyl groups is 1. The van der Waals surface area contributed by atoms with E-state index >= 15 is 0 Å². The van der Waals surface area contributed by atoms with Crippen molar-refractivity contribution in [3.63, 3.8) is 0 Å². The minimum Gasteiger partial charge on any atom is -0.392 e. The fourth-order valence-corrected chi connectivity index (χ4v) is 6.92. The lowest BCUT2D eigenvalue weighted by Crippen LogP contribution is -2.31. The van der Waals surface area contributed by atoms with Crippen molar-refractivity contribution in [3.8, 4) is 11.1 Å². The molecule has 6 rings (SSSR count). The molecular weight excluding hydrogens is 524 g/mol. The molecule has 39 heavy (non-hydrogen) atoms. The predicted octanol–water partition coefficient (Wildman–Crippen LogP) is 7.25. The first-order valence-electron chi connectivity index (χ1n) is 13.1. The number of benzene rings is 4. The third-order valence-corrected chi connectivity index (χ3v) is 9.27. The van der Waals surface area contributed by atoms with Crippen LogP contribution in [0.3, 0.4) is 0 Å². The van der Waals surface area contributed by atoms with Gasteiger partial charge in [0.2, 0.25) is 0 Å². The van der Waals surface area contributed by atoms with Gasteiger partial charge in [0.25, 0.3) is 0 Å². The molecule has 1 aromatic heterocycles. The first-order chi connectivity index (χ1) is 19.2. The Morgan fingerprint density at radius 2 is 1.64 bits per heavy atom. The van der Waals surface area contributed by atoms with E-state index in [0.717, 1.165) is 55.4 Å². The van der Waals surface area contributed by atoms with Crippen molar-refractivity contribution in [2.75, 3.05) is 5.75 Å². The second-order valence-corrected chi connectivity index (χ2v) is 11.9. The van der Waals surface area contributed by atoms with E-state index in [9.17, 15) is 5.11 Å². The number of hydrogen-bond acceptors (Lipinski definition) is 7. The Hall–Kier alpha value is -3.04. The highest BCUT2D eigenvalue weighted by molar-refractivity contribution is 8.01. The molecule has 1 aliphatic heterocycles. The van der Waals surface area contributed by atoms with Crippen molar-refractivity contribution in [2.45, 2.75) is 42.4 Å². The lowest BCUT2D eigenvalue weighted by atomic mass is 9.99. The topological polar surface area (TPSA) is 77.6 Å². The van der Waals surface area contributed by atoms with E-state index in [1.54, 1.807) is 23.1 Å². The molecule has 7 heteroatoms. The van der Waals surface area contributed by atoms with Gasteiger partial charge in [0.1, 0.15) is 0 Å². The minimum atomic E-state index is -0.480. The maximum atomic E-state index is 9.47. The normalized spacial score (nSPS) is 19.4. The average molecular weight is 555 g/mol. The molecule has 0 amide bonds. The van der Waals surface area contributed by atoms with E-state index in [1.165, 1.54) is 4.70 Å². The zero-order valence-electron chi connectivity index (χ0n) is 21.4. The van der Waals surface area contributed by atoms with Crippen LogP contribution in [0.1, 0.15) is 41.1 Å². The molecule has 0 aliphatic carbocycles. The van der Waals surface area contributed by atoms with Crippen LogP contribution in [0.2, 0.25) is 0 Å². The molecule has 0 bridgehead atoms. The Labute approximate surface area is 236 Å². The molecule has 1 aliphatic rings. The van der Waals surface area contributed by atoms with E-state index in [1.807, 2.05) is 48.5 Å². The summed E-state index contributed by atoms with van der Waals surface area (Å²) < 4.78 is 15.3. The van der Waals surface area contributed by atoms with Crippen LogP contribution in [-0.4, -0.2) is 21.9 Å². The minimum absolute atomic E-state index is 0.0100. The van der Waals surface area contributed by atoms with Crippen LogP contribution in [0.4, 0.5) is 0 Å². The number of nitrogens with two attached hydrogens (primary N) is 1. The first-order valence-corrected chi connectivity index (χ1v) is 14.9. The Morgan fingerprint density at radius 1 is 0.846 bits per heavy atom. The predicted molar refractivity (Wildman–Crippen MR) is 159 cm³/mol. The van der Waals surface area contributed by atoms with Gasteiger partial charge in [-0.25, -0.2) is 4.98 Å². The van der Waals surface area contributed by atoms with E-state index in [-0.39, 0.29) is 18.8 Å².